The zero-order valence-electron chi connectivity index (χ0n) is 10.6. The molecule has 0 saturated heterocycles. The first kappa shape index (κ1) is 14.3. The Morgan fingerprint density at radius 3 is 2.74 bits per heavy atom. The summed E-state index contributed by atoms with van der Waals surface area (Å²) in [5, 5.41) is 11.1. The molecule has 2 heterocycles. The van der Waals surface area contributed by atoms with Crippen LogP contribution in [-0.2, 0) is 13.1 Å². The number of halogens is 1. The highest BCUT2D eigenvalue weighted by Crippen LogP contribution is 2.22. The molecule has 2 rings (SSSR count). The maximum Gasteiger partial charge on any atom is 0.339 e. The van der Waals surface area contributed by atoms with E-state index >= 15 is 0 Å². The molecule has 4 nitrogen and oxygen atoms in total. The highest BCUT2D eigenvalue weighted by molar-refractivity contribution is 9.11. The average molecular weight is 344 g/mol. The number of thiophene rings is 1. The maximum atomic E-state index is 10.9. The quantitative estimate of drug-likeness (QED) is 0.898. The molecule has 0 spiro atoms. The van der Waals surface area contributed by atoms with Gasteiger partial charge >= 0.3 is 5.97 Å². The highest BCUT2D eigenvalue weighted by Gasteiger charge is 2.14. The van der Waals surface area contributed by atoms with Crippen molar-refractivity contribution in [3.05, 3.63) is 43.9 Å². The van der Waals surface area contributed by atoms with E-state index in [0.717, 1.165) is 10.3 Å². The number of carboxylic acid groups (broad SMARTS) is 1. The van der Waals surface area contributed by atoms with E-state index in [0.29, 0.717) is 18.1 Å². The molecule has 0 bridgehead atoms. The summed E-state index contributed by atoms with van der Waals surface area (Å²) in [7, 11) is 1.98. The van der Waals surface area contributed by atoms with Crippen molar-refractivity contribution in [2.45, 2.75) is 20.0 Å². The minimum atomic E-state index is -0.947. The van der Waals surface area contributed by atoms with Gasteiger partial charge in [-0.2, -0.15) is 0 Å². The predicted molar refractivity (Wildman–Crippen MR) is 77.6 cm³/mol. The maximum absolute atomic E-state index is 10.9. The zero-order valence-corrected chi connectivity index (χ0v) is 13.0. The monoisotopic (exact) mass is 343 g/mol. The van der Waals surface area contributed by atoms with Crippen molar-refractivity contribution >= 4 is 33.2 Å². The van der Waals surface area contributed by atoms with Crippen molar-refractivity contribution in [3.8, 4) is 0 Å². The molecule has 0 unspecified atom stereocenters. The van der Waals surface area contributed by atoms with Crippen LogP contribution >= 0.6 is 27.3 Å². The van der Waals surface area contributed by atoms with E-state index in [4.69, 9.17) is 9.52 Å². The van der Waals surface area contributed by atoms with Crippen molar-refractivity contribution in [2.24, 2.45) is 0 Å². The van der Waals surface area contributed by atoms with Crippen LogP contribution in [0.25, 0.3) is 0 Å². The molecule has 19 heavy (non-hydrogen) atoms. The summed E-state index contributed by atoms with van der Waals surface area (Å²) in [4.78, 5) is 13.0. The van der Waals surface area contributed by atoms with Crippen molar-refractivity contribution in [3.63, 3.8) is 0 Å². The third-order valence-corrected chi connectivity index (χ3v) is 4.25. The standard InChI is InChI=1S/C13H14BrNO3S/c1-8-11(13(16)17)4-10(18-8)6-15(2)5-9-3-12(14)19-7-9/h3-4,7H,5-6H2,1-2H3,(H,16,17). The Labute approximate surface area is 123 Å². The van der Waals surface area contributed by atoms with Crippen LogP contribution in [0.1, 0.15) is 27.4 Å². The van der Waals surface area contributed by atoms with Gasteiger partial charge in [-0.1, -0.05) is 0 Å². The first-order valence-corrected chi connectivity index (χ1v) is 7.37. The molecule has 1 N–H and O–H groups in total. The molecule has 2 aromatic heterocycles. The molecule has 0 fully saturated rings. The first-order chi connectivity index (χ1) is 8.95. The minimum Gasteiger partial charge on any atom is -0.478 e. The van der Waals surface area contributed by atoms with Crippen molar-refractivity contribution in [1.29, 1.82) is 0 Å². The molecule has 0 aliphatic carbocycles. The van der Waals surface area contributed by atoms with Gasteiger partial charge in [0.25, 0.3) is 0 Å². The van der Waals surface area contributed by atoms with E-state index < -0.39 is 5.97 Å². The number of aryl methyl sites for hydroxylation is 1. The average Bonchev–Trinajstić information content (AvgIpc) is 2.85. The summed E-state index contributed by atoms with van der Waals surface area (Å²) in [6.45, 7) is 3.05. The zero-order chi connectivity index (χ0) is 14.0. The molecule has 0 radical (unpaired) electrons. The second-order valence-electron chi connectivity index (χ2n) is 4.42. The van der Waals surface area contributed by atoms with Gasteiger partial charge in [0.15, 0.2) is 0 Å². The number of rotatable bonds is 5. The summed E-state index contributed by atoms with van der Waals surface area (Å²) in [6, 6.07) is 3.68. The number of hydrogen-bond donors (Lipinski definition) is 1. The van der Waals surface area contributed by atoms with Crippen LogP contribution < -0.4 is 0 Å². The van der Waals surface area contributed by atoms with Crippen LogP contribution in [0.4, 0.5) is 0 Å². The lowest BCUT2D eigenvalue weighted by molar-refractivity contribution is 0.0695. The number of aromatic carboxylic acids is 1. The molecular formula is C13H14BrNO3S. The summed E-state index contributed by atoms with van der Waals surface area (Å²) in [6.07, 6.45) is 0. The molecule has 102 valence electrons. The second kappa shape index (κ2) is 5.90. The van der Waals surface area contributed by atoms with Gasteiger partial charge in [0, 0.05) is 6.54 Å². The van der Waals surface area contributed by atoms with E-state index in [-0.39, 0.29) is 5.56 Å². The van der Waals surface area contributed by atoms with Crippen LogP contribution in [0.5, 0.6) is 0 Å². The number of carbonyl (C=O) groups is 1. The summed E-state index contributed by atoms with van der Waals surface area (Å²) >= 11 is 5.09. The Hall–Kier alpha value is -1.11. The third kappa shape index (κ3) is 3.68. The molecule has 2 aromatic rings. The Bertz CT molecular complexity index is 590. The molecule has 0 amide bonds. The van der Waals surface area contributed by atoms with Crippen molar-refractivity contribution in [1.82, 2.24) is 4.90 Å². The van der Waals surface area contributed by atoms with E-state index in [9.17, 15) is 4.79 Å². The molecular weight excluding hydrogens is 330 g/mol. The summed E-state index contributed by atoms with van der Waals surface area (Å²) in [5.74, 6) is 0.179. The van der Waals surface area contributed by atoms with E-state index in [1.54, 1.807) is 24.3 Å². The Morgan fingerprint density at radius 1 is 1.47 bits per heavy atom. The van der Waals surface area contributed by atoms with Gasteiger partial charge in [0.05, 0.1) is 10.3 Å². The van der Waals surface area contributed by atoms with Crippen LogP contribution in [0.2, 0.25) is 0 Å². The van der Waals surface area contributed by atoms with Gasteiger partial charge in [-0.3, -0.25) is 4.90 Å². The smallest absolute Gasteiger partial charge is 0.339 e. The van der Waals surface area contributed by atoms with Gasteiger partial charge in [0.2, 0.25) is 0 Å². The predicted octanol–water partition coefficient (Wildman–Crippen LogP) is 3.74. The van der Waals surface area contributed by atoms with Crippen LogP contribution in [0.3, 0.4) is 0 Å². The Morgan fingerprint density at radius 2 is 2.21 bits per heavy atom. The Kier molecular flexibility index (Phi) is 4.44. The molecule has 6 heteroatoms. The lowest BCUT2D eigenvalue weighted by atomic mass is 10.2. The first-order valence-electron chi connectivity index (χ1n) is 5.69. The molecule has 0 aliphatic rings. The van der Waals surface area contributed by atoms with Crippen molar-refractivity contribution < 1.29 is 14.3 Å². The lowest BCUT2D eigenvalue weighted by Gasteiger charge is -2.13. The Balaban J connectivity index is 2.00. The lowest BCUT2D eigenvalue weighted by Crippen LogP contribution is -2.16. The van der Waals surface area contributed by atoms with Crippen LogP contribution in [-0.4, -0.2) is 23.0 Å². The van der Waals surface area contributed by atoms with Crippen LogP contribution in [0, 0.1) is 6.92 Å². The van der Waals surface area contributed by atoms with E-state index in [1.165, 1.54) is 5.56 Å². The topological polar surface area (TPSA) is 53.7 Å². The number of carboxylic acids is 1. The van der Waals surface area contributed by atoms with Gasteiger partial charge in [-0.15, -0.1) is 11.3 Å². The normalized spacial score (nSPS) is 11.2. The highest BCUT2D eigenvalue weighted by atomic mass is 79.9. The number of furan rings is 1. The number of nitrogens with zero attached hydrogens (tertiary/aromatic N) is 1. The van der Waals surface area contributed by atoms with Gasteiger partial charge in [0.1, 0.15) is 17.1 Å². The summed E-state index contributed by atoms with van der Waals surface area (Å²) < 4.78 is 6.57. The molecule has 0 saturated carbocycles. The van der Waals surface area contributed by atoms with Gasteiger partial charge < -0.3 is 9.52 Å². The van der Waals surface area contributed by atoms with E-state index in [1.807, 2.05) is 7.05 Å². The minimum absolute atomic E-state index is 0.238. The van der Waals surface area contributed by atoms with Crippen molar-refractivity contribution in [2.75, 3.05) is 7.05 Å². The van der Waals surface area contributed by atoms with Gasteiger partial charge in [-0.05, 0) is 53.0 Å². The SMILES string of the molecule is Cc1oc(CN(C)Cc2csc(Br)c2)cc1C(=O)O. The van der Waals surface area contributed by atoms with Crippen LogP contribution in [0.15, 0.2) is 25.7 Å². The second-order valence-corrected chi connectivity index (χ2v) is 6.71. The molecule has 0 atom stereocenters. The molecule has 0 aromatic carbocycles. The number of hydrogen-bond acceptors (Lipinski definition) is 4. The van der Waals surface area contributed by atoms with E-state index in [2.05, 4.69) is 32.3 Å². The third-order valence-electron chi connectivity index (χ3n) is 2.70. The summed E-state index contributed by atoms with van der Waals surface area (Å²) in [5.41, 5.74) is 1.46. The largest absolute Gasteiger partial charge is 0.478 e. The van der Waals surface area contributed by atoms with Gasteiger partial charge in [-0.25, -0.2) is 4.79 Å². The fourth-order valence-electron chi connectivity index (χ4n) is 1.90. The fraction of sp³-hybridized carbons (Fsp3) is 0.308. The molecule has 0 aliphatic heterocycles. The fourth-order valence-corrected chi connectivity index (χ4v) is 3.10.